The van der Waals surface area contributed by atoms with Crippen LogP contribution in [0.5, 0.6) is 0 Å². The number of ketones is 1. The molecular formula is C19H21N5O. The minimum atomic E-state index is 0.169. The first-order valence-corrected chi connectivity index (χ1v) is 8.66. The highest BCUT2D eigenvalue weighted by molar-refractivity contribution is 5.87. The number of piperidine rings is 1. The molecule has 1 aliphatic rings. The molecule has 0 bridgehead atoms. The molecule has 0 spiro atoms. The third-order valence-corrected chi connectivity index (χ3v) is 4.81. The molecule has 3 aromatic rings. The Hall–Kier alpha value is -2.60. The summed E-state index contributed by atoms with van der Waals surface area (Å²) < 4.78 is 1.76. The first-order valence-electron chi connectivity index (χ1n) is 8.66. The van der Waals surface area contributed by atoms with E-state index < -0.39 is 0 Å². The van der Waals surface area contributed by atoms with Gasteiger partial charge in [-0.1, -0.05) is 0 Å². The zero-order chi connectivity index (χ0) is 17.2. The van der Waals surface area contributed by atoms with E-state index in [1.807, 2.05) is 31.6 Å². The van der Waals surface area contributed by atoms with Crippen molar-refractivity contribution in [2.45, 2.75) is 19.3 Å². The lowest BCUT2D eigenvalue weighted by Crippen LogP contribution is -2.32. The van der Waals surface area contributed by atoms with Crippen LogP contribution in [0.3, 0.4) is 0 Å². The van der Waals surface area contributed by atoms with E-state index >= 15 is 0 Å². The molecule has 0 saturated carbocycles. The fraction of sp³-hybridized carbons (Fsp3) is 0.368. The van der Waals surface area contributed by atoms with Crippen molar-refractivity contribution in [2.24, 2.45) is 13.0 Å². The average Bonchev–Trinajstić information content (AvgIpc) is 3.08. The van der Waals surface area contributed by atoms with Gasteiger partial charge < -0.3 is 5.32 Å². The van der Waals surface area contributed by atoms with Gasteiger partial charge in [-0.15, -0.1) is 0 Å². The van der Waals surface area contributed by atoms with Gasteiger partial charge in [0.1, 0.15) is 5.78 Å². The highest BCUT2D eigenvalue weighted by atomic mass is 16.1. The molecule has 128 valence electrons. The monoisotopic (exact) mass is 335 g/mol. The number of carbonyl (C=O) groups is 1. The maximum absolute atomic E-state index is 12.5. The van der Waals surface area contributed by atoms with Crippen LogP contribution in [0.25, 0.3) is 22.0 Å². The van der Waals surface area contributed by atoms with Gasteiger partial charge in [0.15, 0.2) is 0 Å². The number of rotatable bonds is 4. The van der Waals surface area contributed by atoms with E-state index in [1.165, 1.54) is 0 Å². The Labute approximate surface area is 146 Å². The third kappa shape index (κ3) is 3.44. The maximum Gasteiger partial charge on any atom is 0.142 e. The Balaban J connectivity index is 1.59. The summed E-state index contributed by atoms with van der Waals surface area (Å²) >= 11 is 0. The molecule has 0 amide bonds. The predicted octanol–water partition coefficient (Wildman–Crippen LogP) is 2.14. The highest BCUT2D eigenvalue weighted by Crippen LogP contribution is 2.22. The maximum atomic E-state index is 12.5. The Morgan fingerprint density at radius 2 is 1.96 bits per heavy atom. The Kier molecular flexibility index (Phi) is 4.28. The van der Waals surface area contributed by atoms with Gasteiger partial charge in [0.2, 0.25) is 0 Å². The summed E-state index contributed by atoms with van der Waals surface area (Å²) in [6.07, 6.45) is 9.64. The van der Waals surface area contributed by atoms with E-state index in [2.05, 4.69) is 20.4 Å². The first-order chi connectivity index (χ1) is 12.2. The van der Waals surface area contributed by atoms with Crippen LogP contribution in [0.1, 0.15) is 18.5 Å². The van der Waals surface area contributed by atoms with Crippen molar-refractivity contribution in [2.75, 3.05) is 13.1 Å². The molecule has 1 aliphatic heterocycles. The molecule has 1 saturated heterocycles. The van der Waals surface area contributed by atoms with E-state index in [4.69, 9.17) is 0 Å². The number of nitrogens with zero attached hydrogens (tertiary/aromatic N) is 4. The standard InChI is InChI=1S/C19H21N5O/c1-24-12-16(11-23-24)18-7-14-6-17(21-9-15(14)10-22-18)8-19(25)13-2-4-20-5-3-13/h6-7,9-13,20H,2-5,8H2,1H3. The minimum Gasteiger partial charge on any atom is -0.317 e. The van der Waals surface area contributed by atoms with Crippen molar-refractivity contribution >= 4 is 16.6 Å². The summed E-state index contributed by atoms with van der Waals surface area (Å²) in [6, 6.07) is 4.04. The lowest BCUT2D eigenvalue weighted by atomic mass is 9.91. The zero-order valence-electron chi connectivity index (χ0n) is 14.3. The van der Waals surface area contributed by atoms with E-state index in [0.29, 0.717) is 12.2 Å². The Bertz CT molecular complexity index is 911. The molecular weight excluding hydrogens is 314 g/mol. The van der Waals surface area contributed by atoms with E-state index in [-0.39, 0.29) is 5.92 Å². The summed E-state index contributed by atoms with van der Waals surface area (Å²) in [7, 11) is 1.89. The molecule has 4 rings (SSSR count). The number of Topliss-reactive ketones (excluding diaryl/α,β-unsaturated/α-hetero) is 1. The number of hydrogen-bond donors (Lipinski definition) is 1. The largest absolute Gasteiger partial charge is 0.317 e. The number of aromatic nitrogens is 4. The van der Waals surface area contributed by atoms with Crippen LogP contribution in [0.15, 0.2) is 36.9 Å². The van der Waals surface area contributed by atoms with Crippen LogP contribution in [-0.4, -0.2) is 38.6 Å². The fourth-order valence-electron chi connectivity index (χ4n) is 3.36. The van der Waals surface area contributed by atoms with Crippen LogP contribution < -0.4 is 5.32 Å². The second-order valence-corrected chi connectivity index (χ2v) is 6.66. The summed E-state index contributed by atoms with van der Waals surface area (Å²) in [5.74, 6) is 0.469. The molecule has 6 nitrogen and oxygen atoms in total. The van der Waals surface area contributed by atoms with E-state index in [0.717, 1.165) is 53.7 Å². The molecule has 6 heteroatoms. The van der Waals surface area contributed by atoms with E-state index in [9.17, 15) is 4.79 Å². The van der Waals surface area contributed by atoms with Crippen molar-refractivity contribution in [1.82, 2.24) is 25.1 Å². The molecule has 0 radical (unpaired) electrons. The van der Waals surface area contributed by atoms with Gasteiger partial charge in [0, 0.05) is 54.6 Å². The highest BCUT2D eigenvalue weighted by Gasteiger charge is 2.21. The van der Waals surface area contributed by atoms with Gasteiger partial charge in [-0.2, -0.15) is 5.10 Å². The lowest BCUT2D eigenvalue weighted by Gasteiger charge is -2.21. The number of carbonyl (C=O) groups excluding carboxylic acids is 1. The quantitative estimate of drug-likeness (QED) is 0.791. The van der Waals surface area contributed by atoms with Crippen LogP contribution in [0.4, 0.5) is 0 Å². The number of hydrogen-bond acceptors (Lipinski definition) is 5. The molecule has 0 aliphatic carbocycles. The van der Waals surface area contributed by atoms with Crippen molar-refractivity contribution in [3.63, 3.8) is 0 Å². The van der Waals surface area contributed by atoms with Crippen molar-refractivity contribution in [3.8, 4) is 11.3 Å². The topological polar surface area (TPSA) is 72.7 Å². The lowest BCUT2D eigenvalue weighted by molar-refractivity contribution is -0.123. The van der Waals surface area contributed by atoms with Crippen LogP contribution in [0.2, 0.25) is 0 Å². The normalized spacial score (nSPS) is 15.6. The van der Waals surface area contributed by atoms with Crippen LogP contribution in [0, 0.1) is 5.92 Å². The van der Waals surface area contributed by atoms with Crippen molar-refractivity contribution in [1.29, 1.82) is 0 Å². The molecule has 0 atom stereocenters. The van der Waals surface area contributed by atoms with Crippen molar-refractivity contribution < 1.29 is 4.79 Å². The Morgan fingerprint density at radius 1 is 1.16 bits per heavy atom. The average molecular weight is 335 g/mol. The minimum absolute atomic E-state index is 0.169. The molecule has 0 aromatic carbocycles. The summed E-state index contributed by atoms with van der Waals surface area (Å²) in [6.45, 7) is 1.86. The van der Waals surface area contributed by atoms with Gasteiger partial charge in [0.25, 0.3) is 0 Å². The number of aryl methyl sites for hydroxylation is 1. The third-order valence-electron chi connectivity index (χ3n) is 4.81. The fourth-order valence-corrected chi connectivity index (χ4v) is 3.36. The van der Waals surface area contributed by atoms with E-state index in [1.54, 1.807) is 17.1 Å². The predicted molar refractivity (Wildman–Crippen MR) is 96.0 cm³/mol. The summed E-state index contributed by atoms with van der Waals surface area (Å²) in [5, 5.41) is 9.53. The van der Waals surface area contributed by atoms with Gasteiger partial charge in [0.05, 0.1) is 11.9 Å². The first kappa shape index (κ1) is 15.9. The molecule has 25 heavy (non-hydrogen) atoms. The van der Waals surface area contributed by atoms with Crippen LogP contribution in [-0.2, 0) is 18.3 Å². The number of fused-ring (bicyclic) bond motifs is 1. The van der Waals surface area contributed by atoms with Gasteiger partial charge in [-0.05, 0) is 43.5 Å². The number of pyridine rings is 2. The molecule has 1 fully saturated rings. The Morgan fingerprint density at radius 3 is 2.72 bits per heavy atom. The number of nitrogens with one attached hydrogen (secondary N) is 1. The molecule has 0 unspecified atom stereocenters. The second-order valence-electron chi connectivity index (χ2n) is 6.66. The molecule has 4 heterocycles. The smallest absolute Gasteiger partial charge is 0.142 e. The molecule has 3 aromatic heterocycles. The van der Waals surface area contributed by atoms with Gasteiger partial charge >= 0.3 is 0 Å². The zero-order valence-corrected chi connectivity index (χ0v) is 14.3. The van der Waals surface area contributed by atoms with Gasteiger partial charge in [-0.3, -0.25) is 19.4 Å². The molecule has 1 N–H and O–H groups in total. The van der Waals surface area contributed by atoms with Gasteiger partial charge in [-0.25, -0.2) is 0 Å². The summed E-state index contributed by atoms with van der Waals surface area (Å²) in [5.41, 5.74) is 2.69. The summed E-state index contributed by atoms with van der Waals surface area (Å²) in [4.78, 5) is 21.4. The van der Waals surface area contributed by atoms with Crippen LogP contribution >= 0.6 is 0 Å². The second kappa shape index (κ2) is 6.72. The van der Waals surface area contributed by atoms with Crippen molar-refractivity contribution in [3.05, 3.63) is 42.6 Å². The SMILES string of the molecule is Cn1cc(-c2cc3cc(CC(=O)C4CCNCC4)ncc3cn2)cn1.